The maximum Gasteiger partial charge on any atom is 0.336 e. The standard InChI is InChI=1S/C32H35Cl2N5O5/c1-43-30(41)27-23(12-11-20-7-4-3-5-8-20)37-24(19-25(40)38-15-17-39(18-16-38)32-35-13-14-36-32)28(31(42)44-2)29(27)26-21(33)9-6-10-22(26)34/h3-10,29,37H,11-19H2,1-2H3,(H,35,36). The summed E-state index contributed by atoms with van der Waals surface area (Å²) in [5, 5.41) is 7.10. The van der Waals surface area contributed by atoms with Gasteiger partial charge < -0.3 is 29.9 Å². The molecule has 0 spiro atoms. The molecule has 2 N–H and O–H groups in total. The van der Waals surface area contributed by atoms with Gasteiger partial charge >= 0.3 is 11.9 Å². The van der Waals surface area contributed by atoms with Crippen molar-refractivity contribution in [3.8, 4) is 0 Å². The first-order chi connectivity index (χ1) is 21.3. The van der Waals surface area contributed by atoms with E-state index in [0.29, 0.717) is 56.0 Å². The van der Waals surface area contributed by atoms with Crippen molar-refractivity contribution in [3.05, 3.63) is 92.2 Å². The second kappa shape index (κ2) is 14.2. The molecule has 3 heterocycles. The highest BCUT2D eigenvalue weighted by Crippen LogP contribution is 2.46. The lowest BCUT2D eigenvalue weighted by molar-refractivity contribution is -0.137. The third-order valence-corrected chi connectivity index (χ3v) is 8.71. The Morgan fingerprint density at radius 2 is 1.50 bits per heavy atom. The topological polar surface area (TPSA) is 113 Å². The Labute approximate surface area is 266 Å². The second-order valence-corrected chi connectivity index (χ2v) is 11.4. The van der Waals surface area contributed by atoms with Gasteiger partial charge in [-0.1, -0.05) is 59.6 Å². The molecule has 1 unspecified atom stereocenters. The summed E-state index contributed by atoms with van der Waals surface area (Å²) >= 11 is 13.4. The normalized spacial score (nSPS) is 18.5. The Kier molecular flexibility index (Phi) is 10.1. The van der Waals surface area contributed by atoms with Gasteiger partial charge in [0.2, 0.25) is 5.91 Å². The number of benzene rings is 2. The molecular formula is C32H35Cl2N5O5. The molecule has 5 rings (SSSR count). The smallest absolute Gasteiger partial charge is 0.336 e. The number of halogens is 2. The number of nitrogens with one attached hydrogen (secondary N) is 2. The van der Waals surface area contributed by atoms with E-state index in [2.05, 4.69) is 20.5 Å². The van der Waals surface area contributed by atoms with Crippen molar-refractivity contribution >= 4 is 47.0 Å². The van der Waals surface area contributed by atoms with Crippen LogP contribution in [0.5, 0.6) is 0 Å². The molecule has 10 nitrogen and oxygen atoms in total. The van der Waals surface area contributed by atoms with Gasteiger partial charge in [0.15, 0.2) is 5.96 Å². The zero-order valence-electron chi connectivity index (χ0n) is 24.7. The SMILES string of the molecule is COC(=O)C1=C(CCc2ccccc2)NC(CC(=O)N2CCN(C3=NCCN3)CC2)=C(C(=O)OC)C1c1c(Cl)cccc1Cl. The molecule has 1 atom stereocenters. The molecule has 3 aliphatic heterocycles. The van der Waals surface area contributed by atoms with Gasteiger partial charge in [0.1, 0.15) is 0 Å². The molecule has 232 valence electrons. The highest BCUT2D eigenvalue weighted by molar-refractivity contribution is 6.36. The maximum absolute atomic E-state index is 13.8. The van der Waals surface area contributed by atoms with Crippen LogP contribution in [0.1, 0.15) is 29.9 Å². The van der Waals surface area contributed by atoms with Crippen LogP contribution in [0.4, 0.5) is 0 Å². The van der Waals surface area contributed by atoms with E-state index in [4.69, 9.17) is 32.7 Å². The largest absolute Gasteiger partial charge is 0.466 e. The predicted molar refractivity (Wildman–Crippen MR) is 168 cm³/mol. The van der Waals surface area contributed by atoms with Gasteiger partial charge in [-0.2, -0.15) is 0 Å². The monoisotopic (exact) mass is 639 g/mol. The average molecular weight is 641 g/mol. The molecule has 44 heavy (non-hydrogen) atoms. The van der Waals surface area contributed by atoms with Crippen molar-refractivity contribution < 1.29 is 23.9 Å². The Bertz CT molecular complexity index is 1500. The van der Waals surface area contributed by atoms with Crippen molar-refractivity contribution in [1.82, 2.24) is 20.4 Å². The van der Waals surface area contributed by atoms with Crippen LogP contribution in [0.2, 0.25) is 10.0 Å². The van der Waals surface area contributed by atoms with Crippen molar-refractivity contribution in [2.45, 2.75) is 25.2 Å². The van der Waals surface area contributed by atoms with Gasteiger partial charge in [-0.05, 0) is 30.5 Å². The minimum absolute atomic E-state index is 0.0860. The summed E-state index contributed by atoms with van der Waals surface area (Å²) in [6.07, 6.45) is 0.861. The average Bonchev–Trinajstić information content (AvgIpc) is 3.59. The number of carbonyl (C=O) groups excluding carboxylic acids is 3. The van der Waals surface area contributed by atoms with Crippen LogP contribution >= 0.6 is 23.2 Å². The van der Waals surface area contributed by atoms with E-state index in [9.17, 15) is 14.4 Å². The van der Waals surface area contributed by atoms with Crippen LogP contribution in [-0.2, 0) is 30.3 Å². The van der Waals surface area contributed by atoms with Crippen molar-refractivity contribution in [2.24, 2.45) is 4.99 Å². The maximum atomic E-state index is 13.8. The molecular weight excluding hydrogens is 605 g/mol. The fraction of sp³-hybridized carbons (Fsp3) is 0.375. The van der Waals surface area contributed by atoms with Gasteiger partial charge in [0.25, 0.3) is 0 Å². The van der Waals surface area contributed by atoms with Gasteiger partial charge in [-0.25, -0.2) is 9.59 Å². The number of esters is 2. The number of piperazine rings is 1. The first kappa shape index (κ1) is 31.4. The number of ether oxygens (including phenoxy) is 2. The summed E-state index contributed by atoms with van der Waals surface area (Å²) in [5.41, 5.74) is 2.54. The van der Waals surface area contributed by atoms with Crippen molar-refractivity contribution in [2.75, 3.05) is 53.5 Å². The van der Waals surface area contributed by atoms with E-state index in [1.54, 1.807) is 23.1 Å². The van der Waals surface area contributed by atoms with E-state index in [0.717, 1.165) is 24.6 Å². The number of nitrogens with zero attached hydrogens (tertiary/aromatic N) is 3. The Hall–Kier alpha value is -4.02. The quantitative estimate of drug-likeness (QED) is 0.421. The molecule has 1 fully saturated rings. The number of methoxy groups -OCH3 is 2. The van der Waals surface area contributed by atoms with Crippen LogP contribution in [0.25, 0.3) is 0 Å². The number of aryl methyl sites for hydroxylation is 1. The van der Waals surface area contributed by atoms with E-state index < -0.39 is 17.9 Å². The molecule has 0 saturated carbocycles. The zero-order chi connectivity index (χ0) is 31.2. The number of rotatable bonds is 8. The summed E-state index contributed by atoms with van der Waals surface area (Å²) in [5.74, 6) is -1.69. The number of amides is 1. The van der Waals surface area contributed by atoms with Crippen LogP contribution in [0.3, 0.4) is 0 Å². The number of guanidine groups is 1. The van der Waals surface area contributed by atoms with E-state index in [-0.39, 0.29) is 33.5 Å². The highest BCUT2D eigenvalue weighted by atomic mass is 35.5. The lowest BCUT2D eigenvalue weighted by atomic mass is 9.78. The molecule has 3 aliphatic rings. The highest BCUT2D eigenvalue weighted by Gasteiger charge is 2.42. The van der Waals surface area contributed by atoms with E-state index in [1.165, 1.54) is 14.2 Å². The van der Waals surface area contributed by atoms with Gasteiger partial charge in [0.05, 0.1) is 44.2 Å². The molecule has 1 saturated heterocycles. The summed E-state index contributed by atoms with van der Waals surface area (Å²) in [7, 11) is 2.54. The number of hydrogen-bond acceptors (Lipinski definition) is 9. The fourth-order valence-corrected chi connectivity index (χ4v) is 6.48. The lowest BCUT2D eigenvalue weighted by Gasteiger charge is -2.37. The van der Waals surface area contributed by atoms with E-state index >= 15 is 0 Å². The summed E-state index contributed by atoms with van der Waals surface area (Å²) < 4.78 is 10.5. The molecule has 2 aromatic carbocycles. The summed E-state index contributed by atoms with van der Waals surface area (Å²) in [6.45, 7) is 3.85. The third kappa shape index (κ3) is 6.71. The molecule has 1 amide bonds. The molecule has 2 aromatic rings. The first-order valence-electron chi connectivity index (χ1n) is 14.5. The number of aliphatic imine (C=N–C) groups is 1. The van der Waals surface area contributed by atoms with Gasteiger partial charge in [-0.15, -0.1) is 0 Å². The van der Waals surface area contributed by atoms with Crippen molar-refractivity contribution in [3.63, 3.8) is 0 Å². The predicted octanol–water partition coefficient (Wildman–Crippen LogP) is 3.66. The minimum atomic E-state index is -1.03. The molecule has 0 aliphatic carbocycles. The zero-order valence-corrected chi connectivity index (χ0v) is 26.2. The number of allylic oxidation sites excluding steroid dienone is 1. The van der Waals surface area contributed by atoms with Crippen molar-refractivity contribution in [1.29, 1.82) is 0 Å². The van der Waals surface area contributed by atoms with Crippen LogP contribution < -0.4 is 10.6 Å². The summed E-state index contributed by atoms with van der Waals surface area (Å²) in [6, 6.07) is 14.8. The second-order valence-electron chi connectivity index (χ2n) is 10.6. The van der Waals surface area contributed by atoms with Crippen LogP contribution in [-0.4, -0.2) is 87.1 Å². The van der Waals surface area contributed by atoms with Crippen LogP contribution in [0.15, 0.2) is 76.1 Å². The lowest BCUT2D eigenvalue weighted by Crippen LogP contribution is -2.53. The Balaban J connectivity index is 1.54. The van der Waals surface area contributed by atoms with Gasteiger partial charge in [-0.3, -0.25) is 9.79 Å². The Morgan fingerprint density at radius 1 is 0.864 bits per heavy atom. The fourth-order valence-electron chi connectivity index (χ4n) is 5.87. The number of hydrogen-bond donors (Lipinski definition) is 2. The molecule has 0 bridgehead atoms. The Morgan fingerprint density at radius 3 is 2.09 bits per heavy atom. The minimum Gasteiger partial charge on any atom is -0.466 e. The molecule has 12 heteroatoms. The third-order valence-electron chi connectivity index (χ3n) is 8.05. The summed E-state index contributed by atoms with van der Waals surface area (Å²) in [4.78, 5) is 49.2. The number of dihydropyridines is 1. The molecule has 0 radical (unpaired) electrons. The van der Waals surface area contributed by atoms with Crippen LogP contribution in [0, 0.1) is 0 Å². The first-order valence-corrected chi connectivity index (χ1v) is 15.3. The number of carbonyl (C=O) groups is 3. The molecule has 0 aromatic heterocycles. The van der Waals surface area contributed by atoms with E-state index in [1.807, 2.05) is 30.3 Å². The van der Waals surface area contributed by atoms with Gasteiger partial charge in [0, 0.05) is 59.7 Å².